The number of hydrogen-bond donors (Lipinski definition) is 2. The highest BCUT2D eigenvalue weighted by Gasteiger charge is 2.39. The first kappa shape index (κ1) is 15.2. The van der Waals surface area contributed by atoms with Crippen LogP contribution in [-0.4, -0.2) is 75.3 Å². The Bertz CT molecular complexity index is 397. The number of aliphatic hydroxyl groups is 1. The van der Waals surface area contributed by atoms with Crippen molar-refractivity contribution in [2.75, 3.05) is 34.3 Å². The molecule has 8 nitrogen and oxygen atoms in total. The number of ether oxygens (including phenoxy) is 1. The first-order valence-electron chi connectivity index (χ1n) is 5.46. The van der Waals surface area contributed by atoms with Gasteiger partial charge in [-0.15, -0.1) is 0 Å². The molecule has 18 heavy (non-hydrogen) atoms. The summed E-state index contributed by atoms with van der Waals surface area (Å²) in [7, 11) is 0.725. The predicted octanol–water partition coefficient (Wildman–Crippen LogP) is -1.42. The van der Waals surface area contributed by atoms with E-state index in [4.69, 9.17) is 0 Å². The Kier molecular flexibility index (Phi) is 4.91. The largest absolute Gasteiger partial charge is 0.452 e. The van der Waals surface area contributed by atoms with Gasteiger partial charge in [0.2, 0.25) is 0 Å². The fourth-order valence-electron chi connectivity index (χ4n) is 1.95. The minimum atomic E-state index is -3.98. The first-order valence-corrected chi connectivity index (χ1v) is 6.90. The van der Waals surface area contributed by atoms with Crippen molar-refractivity contribution >= 4 is 16.3 Å². The average Bonchev–Trinajstić information content (AvgIpc) is 2.58. The molecule has 1 aliphatic rings. The number of β-amino-alcohol motifs (C(OH)–C–C–N with tert-alkyl or cyclic N) is 1. The molecule has 0 aliphatic carbocycles. The van der Waals surface area contributed by atoms with Crippen LogP contribution in [-0.2, 0) is 14.9 Å². The molecule has 1 saturated heterocycles. The number of aliphatic hydroxyl groups excluding tert-OH is 1. The van der Waals surface area contributed by atoms with Gasteiger partial charge in [-0.1, -0.05) is 0 Å². The molecule has 0 spiro atoms. The van der Waals surface area contributed by atoms with Crippen LogP contribution >= 0.6 is 0 Å². The lowest BCUT2D eigenvalue weighted by Gasteiger charge is -2.25. The molecular weight excluding hydrogens is 262 g/mol. The van der Waals surface area contributed by atoms with E-state index in [1.807, 2.05) is 19.0 Å². The number of nitrogens with zero attached hydrogens (tertiary/aromatic N) is 2. The summed E-state index contributed by atoms with van der Waals surface area (Å²) in [5, 5.41) is 9.57. The van der Waals surface area contributed by atoms with Crippen molar-refractivity contribution in [2.45, 2.75) is 18.6 Å². The van der Waals surface area contributed by atoms with Crippen molar-refractivity contribution in [1.29, 1.82) is 0 Å². The van der Waals surface area contributed by atoms with Crippen LogP contribution in [0.3, 0.4) is 0 Å². The van der Waals surface area contributed by atoms with Gasteiger partial charge in [0.25, 0.3) is 0 Å². The number of likely N-dealkylation sites (N-methyl/N-ethyl adjacent to an activating group) is 1. The quantitative estimate of drug-likeness (QED) is 0.656. The molecule has 1 amide bonds. The summed E-state index contributed by atoms with van der Waals surface area (Å²) in [6.07, 6.45) is -1.41. The molecule has 0 saturated carbocycles. The predicted molar refractivity (Wildman–Crippen MR) is 64.1 cm³/mol. The van der Waals surface area contributed by atoms with E-state index in [0.717, 1.165) is 11.4 Å². The maximum Gasteiger partial charge on any atom is 0.421 e. The SMILES string of the molecule is COC(=O)NS(=O)(=O)N1CC(O)CC1CN(C)C. The molecule has 0 aromatic carbocycles. The van der Waals surface area contributed by atoms with Gasteiger partial charge in [0, 0.05) is 19.1 Å². The molecule has 0 aromatic heterocycles. The first-order chi connectivity index (χ1) is 8.26. The average molecular weight is 281 g/mol. The number of methoxy groups -OCH3 is 1. The number of nitrogens with one attached hydrogen (secondary N) is 1. The lowest BCUT2D eigenvalue weighted by molar-refractivity contribution is 0.175. The van der Waals surface area contributed by atoms with Crippen molar-refractivity contribution in [2.24, 2.45) is 0 Å². The Balaban J connectivity index is 2.81. The second-order valence-electron chi connectivity index (χ2n) is 4.47. The van der Waals surface area contributed by atoms with Crippen LogP contribution < -0.4 is 4.72 Å². The van der Waals surface area contributed by atoms with E-state index < -0.39 is 22.4 Å². The van der Waals surface area contributed by atoms with Crippen LogP contribution in [0.2, 0.25) is 0 Å². The maximum atomic E-state index is 11.9. The van der Waals surface area contributed by atoms with Crippen LogP contribution in [0.5, 0.6) is 0 Å². The molecule has 1 heterocycles. The van der Waals surface area contributed by atoms with Gasteiger partial charge in [0.15, 0.2) is 0 Å². The van der Waals surface area contributed by atoms with Crippen LogP contribution in [0.15, 0.2) is 0 Å². The Morgan fingerprint density at radius 2 is 2.17 bits per heavy atom. The molecule has 2 atom stereocenters. The van der Waals surface area contributed by atoms with E-state index in [1.54, 1.807) is 4.72 Å². The third-order valence-electron chi connectivity index (χ3n) is 2.62. The summed E-state index contributed by atoms with van der Waals surface area (Å²) in [6.45, 7) is 0.448. The number of rotatable bonds is 4. The summed E-state index contributed by atoms with van der Waals surface area (Å²) >= 11 is 0. The fourth-order valence-corrected chi connectivity index (χ4v) is 3.27. The van der Waals surface area contributed by atoms with Gasteiger partial charge in [0.1, 0.15) is 0 Å². The minimum absolute atomic E-state index is 0.0230. The Hall–Kier alpha value is -0.900. The molecule has 0 bridgehead atoms. The second-order valence-corrected chi connectivity index (χ2v) is 6.10. The number of hydrogen-bond acceptors (Lipinski definition) is 6. The summed E-state index contributed by atoms with van der Waals surface area (Å²) in [5.41, 5.74) is 0. The molecule has 106 valence electrons. The van der Waals surface area contributed by atoms with Gasteiger partial charge in [-0.25, -0.2) is 9.52 Å². The lowest BCUT2D eigenvalue weighted by Crippen LogP contribution is -2.48. The monoisotopic (exact) mass is 281 g/mol. The number of carbonyl (C=O) groups excluding carboxylic acids is 1. The van der Waals surface area contributed by atoms with Crippen LogP contribution in [0.1, 0.15) is 6.42 Å². The second kappa shape index (κ2) is 5.83. The molecule has 1 rings (SSSR count). The summed E-state index contributed by atoms with van der Waals surface area (Å²) < 4.78 is 31.0. The molecule has 0 aromatic rings. The van der Waals surface area contributed by atoms with Crippen molar-refractivity contribution in [3.05, 3.63) is 0 Å². The molecule has 9 heteroatoms. The topological polar surface area (TPSA) is 99.2 Å². The number of amides is 1. The fraction of sp³-hybridized carbons (Fsp3) is 0.889. The molecule has 2 unspecified atom stereocenters. The van der Waals surface area contributed by atoms with Crippen molar-refractivity contribution < 1.29 is 23.1 Å². The van der Waals surface area contributed by atoms with E-state index in [-0.39, 0.29) is 12.6 Å². The third-order valence-corrected chi connectivity index (χ3v) is 4.11. The molecule has 1 fully saturated rings. The molecule has 0 radical (unpaired) electrons. The maximum absolute atomic E-state index is 11.9. The van der Waals surface area contributed by atoms with E-state index in [0.29, 0.717) is 13.0 Å². The van der Waals surface area contributed by atoms with Gasteiger partial charge in [0.05, 0.1) is 13.2 Å². The van der Waals surface area contributed by atoms with Crippen molar-refractivity contribution in [1.82, 2.24) is 13.9 Å². The number of carbonyl (C=O) groups is 1. The van der Waals surface area contributed by atoms with E-state index in [2.05, 4.69) is 4.74 Å². The van der Waals surface area contributed by atoms with E-state index in [9.17, 15) is 18.3 Å². The summed E-state index contributed by atoms with van der Waals surface area (Å²) in [6, 6.07) is -0.364. The highest BCUT2D eigenvalue weighted by atomic mass is 32.2. The van der Waals surface area contributed by atoms with Gasteiger partial charge in [-0.3, -0.25) is 0 Å². The van der Waals surface area contributed by atoms with Gasteiger partial charge in [-0.05, 0) is 20.5 Å². The zero-order chi connectivity index (χ0) is 13.9. The molecule has 1 aliphatic heterocycles. The molecular formula is C9H19N3O5S. The third kappa shape index (κ3) is 3.80. The lowest BCUT2D eigenvalue weighted by atomic mass is 10.2. The highest BCUT2D eigenvalue weighted by molar-refractivity contribution is 7.87. The van der Waals surface area contributed by atoms with E-state index in [1.165, 1.54) is 0 Å². The standard InChI is InChI=1S/C9H19N3O5S/c1-11(2)5-7-4-8(13)6-12(7)18(15,16)10-9(14)17-3/h7-8,13H,4-6H2,1-3H3,(H,10,14). The molecule has 2 N–H and O–H groups in total. The Labute approximate surface area is 107 Å². The van der Waals surface area contributed by atoms with Crippen molar-refractivity contribution in [3.8, 4) is 0 Å². The smallest absolute Gasteiger partial charge is 0.421 e. The van der Waals surface area contributed by atoms with Gasteiger partial charge < -0.3 is 14.7 Å². The highest BCUT2D eigenvalue weighted by Crippen LogP contribution is 2.21. The van der Waals surface area contributed by atoms with E-state index >= 15 is 0 Å². The normalized spacial score (nSPS) is 25.4. The van der Waals surface area contributed by atoms with Crippen LogP contribution in [0.25, 0.3) is 0 Å². The Morgan fingerprint density at radius 1 is 1.56 bits per heavy atom. The zero-order valence-electron chi connectivity index (χ0n) is 10.7. The van der Waals surface area contributed by atoms with Crippen LogP contribution in [0, 0.1) is 0 Å². The zero-order valence-corrected chi connectivity index (χ0v) is 11.5. The summed E-state index contributed by atoms with van der Waals surface area (Å²) in [5.74, 6) is 0. The van der Waals surface area contributed by atoms with Crippen molar-refractivity contribution in [3.63, 3.8) is 0 Å². The van der Waals surface area contributed by atoms with Crippen LogP contribution in [0.4, 0.5) is 4.79 Å². The summed E-state index contributed by atoms with van der Waals surface area (Å²) in [4.78, 5) is 12.8. The minimum Gasteiger partial charge on any atom is -0.452 e. The van der Waals surface area contributed by atoms with Gasteiger partial charge >= 0.3 is 16.3 Å². The van der Waals surface area contributed by atoms with Gasteiger partial charge in [-0.2, -0.15) is 12.7 Å². The Morgan fingerprint density at radius 3 is 2.67 bits per heavy atom.